The fourth-order valence-corrected chi connectivity index (χ4v) is 9.43. The van der Waals surface area contributed by atoms with E-state index in [-0.39, 0.29) is 0 Å². The van der Waals surface area contributed by atoms with Crippen LogP contribution in [0, 0.1) is 0 Å². The van der Waals surface area contributed by atoms with E-state index in [4.69, 9.17) is 15.0 Å². The van der Waals surface area contributed by atoms with Crippen LogP contribution in [-0.2, 0) is 0 Å². The van der Waals surface area contributed by atoms with Gasteiger partial charge in [0.05, 0.1) is 39.0 Å². The highest BCUT2D eigenvalue weighted by Gasteiger charge is 2.26. The molecule has 13 aromatic rings. The summed E-state index contributed by atoms with van der Waals surface area (Å²) in [5.74, 6) is 1.30. The van der Waals surface area contributed by atoms with Gasteiger partial charge in [-0.25, -0.2) is 14.5 Å². The van der Waals surface area contributed by atoms with Gasteiger partial charge in [0.1, 0.15) is 5.52 Å². The molecule has 0 unspecified atom stereocenters. The van der Waals surface area contributed by atoms with Gasteiger partial charge in [-0.15, -0.1) is 0 Å². The molecular formula is C55H35N7. The molecule has 0 saturated carbocycles. The van der Waals surface area contributed by atoms with Gasteiger partial charge in [0.2, 0.25) is 11.7 Å². The van der Waals surface area contributed by atoms with Crippen LogP contribution in [0.3, 0.4) is 0 Å². The van der Waals surface area contributed by atoms with Crippen molar-refractivity contribution in [2.24, 2.45) is 0 Å². The van der Waals surface area contributed by atoms with E-state index in [1.54, 1.807) is 0 Å². The third kappa shape index (κ3) is 5.15. The molecule has 0 spiro atoms. The zero-order valence-electron chi connectivity index (χ0n) is 33.3. The van der Waals surface area contributed by atoms with Crippen LogP contribution in [0.4, 0.5) is 0 Å². The van der Waals surface area contributed by atoms with Crippen molar-refractivity contribution < 1.29 is 0 Å². The maximum absolute atomic E-state index is 5.56. The van der Waals surface area contributed by atoms with Crippen molar-refractivity contribution in [2.45, 2.75) is 0 Å². The average Bonchev–Trinajstić information content (AvgIpc) is 4.07. The van der Waals surface area contributed by atoms with E-state index in [1.807, 2.05) is 36.4 Å². The molecule has 5 heterocycles. The van der Waals surface area contributed by atoms with Gasteiger partial charge in [-0.1, -0.05) is 140 Å². The lowest BCUT2D eigenvalue weighted by atomic mass is 10.0. The van der Waals surface area contributed by atoms with Crippen LogP contribution in [0.5, 0.6) is 0 Å². The molecule has 0 atom stereocenters. The Kier molecular flexibility index (Phi) is 7.47. The summed E-state index contributed by atoms with van der Waals surface area (Å²) in [4.78, 5) is 16.1. The summed E-state index contributed by atoms with van der Waals surface area (Å²) in [5.41, 5.74) is 15.5. The summed E-state index contributed by atoms with van der Waals surface area (Å²) in [7, 11) is 0. The van der Waals surface area contributed by atoms with Crippen molar-refractivity contribution in [1.82, 2.24) is 33.1 Å². The molecule has 8 aromatic carbocycles. The molecule has 7 nitrogen and oxygen atoms in total. The molecular weight excluding hydrogens is 759 g/mol. The second-order valence-corrected chi connectivity index (χ2v) is 15.7. The number of fused-ring (bicyclic) bond motifs is 10. The van der Waals surface area contributed by atoms with E-state index in [1.165, 1.54) is 21.8 Å². The van der Waals surface area contributed by atoms with Crippen molar-refractivity contribution in [3.05, 3.63) is 212 Å². The number of hydrogen-bond donors (Lipinski definition) is 0. The van der Waals surface area contributed by atoms with Gasteiger partial charge in [-0.2, -0.15) is 4.98 Å². The second-order valence-electron chi connectivity index (χ2n) is 15.7. The van der Waals surface area contributed by atoms with E-state index < -0.39 is 0 Å². The van der Waals surface area contributed by atoms with Crippen LogP contribution in [-0.4, -0.2) is 33.1 Å². The largest absolute Gasteiger partial charge is 0.309 e. The van der Waals surface area contributed by atoms with Crippen LogP contribution >= 0.6 is 0 Å². The lowest BCUT2D eigenvalue weighted by Gasteiger charge is -2.10. The quantitative estimate of drug-likeness (QED) is 0.168. The molecule has 5 aromatic heterocycles. The van der Waals surface area contributed by atoms with Gasteiger partial charge < -0.3 is 4.57 Å². The van der Waals surface area contributed by atoms with Gasteiger partial charge in [0.15, 0.2) is 5.65 Å². The molecule has 0 aliphatic heterocycles. The molecule has 0 aliphatic rings. The summed E-state index contributed by atoms with van der Waals surface area (Å²) >= 11 is 0. The number of benzene rings is 8. The van der Waals surface area contributed by atoms with Crippen LogP contribution in [0.15, 0.2) is 212 Å². The van der Waals surface area contributed by atoms with Crippen molar-refractivity contribution in [3.8, 4) is 51.0 Å². The zero-order chi connectivity index (χ0) is 40.7. The molecule has 0 fully saturated rings. The summed E-state index contributed by atoms with van der Waals surface area (Å²) in [6, 6.07) is 74.8. The summed E-state index contributed by atoms with van der Waals surface area (Å²) in [5, 5.41) is 3.55. The van der Waals surface area contributed by atoms with Crippen molar-refractivity contribution >= 4 is 60.7 Å². The zero-order valence-corrected chi connectivity index (χ0v) is 33.3. The average molecular weight is 794 g/mol. The smallest absolute Gasteiger partial charge is 0.238 e. The third-order valence-electron chi connectivity index (χ3n) is 12.2. The molecule has 0 saturated heterocycles. The first-order valence-corrected chi connectivity index (χ1v) is 20.9. The normalized spacial score (nSPS) is 11.9. The van der Waals surface area contributed by atoms with Gasteiger partial charge in [-0.3, -0.25) is 8.97 Å². The summed E-state index contributed by atoms with van der Waals surface area (Å²) in [6.07, 6.45) is 0. The summed E-state index contributed by atoms with van der Waals surface area (Å²) in [6.45, 7) is 0. The molecule has 290 valence electrons. The minimum Gasteiger partial charge on any atom is -0.309 e. The Bertz CT molecular complexity index is 3780. The number of hydrogen-bond acceptors (Lipinski definition) is 3. The standard InChI is InChI=1S/C55H35N7/c1-5-17-36(18-6-1)45-35-46(37-19-7-2-8-20-37)57-54(56-45)62-51-28-16-15-27-50(51)61-52-44-34-39(30-32-49(44)60(53(52)58-55(61)62)41-23-11-4-12-24-41)38-29-31-48-43(33-38)42-25-13-14-26-47(42)59(48)40-21-9-3-10-22-40/h1-35H. The lowest BCUT2D eigenvalue weighted by molar-refractivity contribution is 0.969. The fourth-order valence-electron chi connectivity index (χ4n) is 9.43. The van der Waals surface area contributed by atoms with Crippen LogP contribution in [0.1, 0.15) is 0 Å². The molecule has 0 amide bonds. The van der Waals surface area contributed by atoms with E-state index in [2.05, 4.69) is 194 Å². The van der Waals surface area contributed by atoms with Crippen LogP contribution < -0.4 is 0 Å². The van der Waals surface area contributed by atoms with E-state index in [9.17, 15) is 0 Å². The van der Waals surface area contributed by atoms with Gasteiger partial charge in [0.25, 0.3) is 0 Å². The SMILES string of the molecule is c1ccc(-c2cc(-c3ccccc3)nc(-n3c4ccccc4n4c5c6cc(-c7ccc8c(c7)c7ccccc7n8-c7ccccc7)ccc6n(-c6ccccc6)c5nc34)n2)cc1. The van der Waals surface area contributed by atoms with E-state index in [0.29, 0.717) is 5.95 Å². The minimum atomic E-state index is 0.559. The van der Waals surface area contributed by atoms with Gasteiger partial charge >= 0.3 is 0 Å². The number of rotatable bonds is 6. The predicted molar refractivity (Wildman–Crippen MR) is 253 cm³/mol. The molecule has 0 radical (unpaired) electrons. The highest BCUT2D eigenvalue weighted by molar-refractivity contribution is 6.13. The molecule has 62 heavy (non-hydrogen) atoms. The Hall–Kier alpha value is -8.55. The Morgan fingerprint density at radius 1 is 0.306 bits per heavy atom. The Morgan fingerprint density at radius 3 is 1.42 bits per heavy atom. The number of nitrogens with zero attached hydrogens (tertiary/aromatic N) is 7. The summed E-state index contributed by atoms with van der Waals surface area (Å²) < 4.78 is 9.07. The van der Waals surface area contributed by atoms with Crippen molar-refractivity contribution in [1.29, 1.82) is 0 Å². The fraction of sp³-hybridized carbons (Fsp3) is 0. The van der Waals surface area contributed by atoms with Crippen molar-refractivity contribution in [3.63, 3.8) is 0 Å². The molecule has 7 heteroatoms. The highest BCUT2D eigenvalue weighted by atomic mass is 15.3. The van der Waals surface area contributed by atoms with E-state index >= 15 is 0 Å². The maximum atomic E-state index is 5.56. The molecule has 0 bridgehead atoms. The van der Waals surface area contributed by atoms with Crippen LogP contribution in [0.25, 0.3) is 112 Å². The molecule has 0 aliphatic carbocycles. The Morgan fingerprint density at radius 2 is 0.790 bits per heavy atom. The molecule has 0 N–H and O–H groups in total. The lowest BCUT2D eigenvalue weighted by Crippen LogP contribution is -2.05. The maximum Gasteiger partial charge on any atom is 0.238 e. The van der Waals surface area contributed by atoms with Gasteiger partial charge in [0, 0.05) is 38.7 Å². The first-order valence-electron chi connectivity index (χ1n) is 20.9. The monoisotopic (exact) mass is 793 g/mol. The Balaban J connectivity index is 1.08. The third-order valence-corrected chi connectivity index (χ3v) is 12.2. The van der Waals surface area contributed by atoms with Gasteiger partial charge in [-0.05, 0) is 83.9 Å². The topological polar surface area (TPSA) is 57.9 Å². The Labute approximate surface area is 355 Å². The van der Waals surface area contributed by atoms with Crippen molar-refractivity contribution in [2.75, 3.05) is 0 Å². The minimum absolute atomic E-state index is 0.559. The number of aromatic nitrogens is 7. The first-order chi connectivity index (χ1) is 30.8. The predicted octanol–water partition coefficient (Wildman–Crippen LogP) is 13.3. The number of para-hydroxylation sites is 5. The number of imidazole rings is 2. The van der Waals surface area contributed by atoms with E-state index in [0.717, 1.165) is 83.9 Å². The highest BCUT2D eigenvalue weighted by Crippen LogP contribution is 2.40. The molecule has 13 rings (SSSR count). The first kappa shape index (κ1) is 34.3. The second kappa shape index (κ2) is 13.5. The van der Waals surface area contributed by atoms with Crippen LogP contribution in [0.2, 0.25) is 0 Å².